The number of ether oxygens (including phenoxy) is 2. The van der Waals surface area contributed by atoms with E-state index in [0.29, 0.717) is 0 Å². The van der Waals surface area contributed by atoms with Crippen molar-refractivity contribution in [3.63, 3.8) is 0 Å². The van der Waals surface area contributed by atoms with Crippen LogP contribution in [-0.4, -0.2) is 39.4 Å². The Morgan fingerprint density at radius 3 is 1.49 bits per heavy atom. The quantitative estimate of drug-likeness (QED) is 0.129. The van der Waals surface area contributed by atoms with Gasteiger partial charge in [0.05, 0.1) is 15.5 Å². The minimum Gasteiger partial charge on any atom is -0.505 e. The van der Waals surface area contributed by atoms with Crippen molar-refractivity contribution in [2.45, 2.75) is 33.2 Å². The molecule has 0 fully saturated rings. The van der Waals surface area contributed by atoms with Crippen molar-refractivity contribution in [1.82, 2.24) is 0 Å². The van der Waals surface area contributed by atoms with Crippen LogP contribution in [0, 0.1) is 37.7 Å². The number of anilines is 1. The van der Waals surface area contributed by atoms with Crippen LogP contribution in [0.25, 0.3) is 0 Å². The molecule has 3 rings (SSSR count). The molecular weight excluding hydrogens is 579 g/mol. The van der Waals surface area contributed by atoms with Gasteiger partial charge in [-0.1, -0.05) is 18.2 Å². The zero-order valence-electron chi connectivity index (χ0n) is 20.9. The standard InChI is InChI=1S/C7H4F3NO3.C7H6F3NO.C6H4FNO3.C3H8O/c8-6-4(11(12)13)2-1-3-5(6)14-7(9)10;8-6-4(11)2-1-3-5(6)12-7(9)10;7-6-4(8(10)11)2-1-3-5(6)9;1-3(2)4/h1-3,7H;1-3,7H,11H2;1-3,9H;3-4H,1-2H3. The summed E-state index contributed by atoms with van der Waals surface area (Å²) in [7, 11) is 0. The molecule has 0 aliphatic heterocycles. The smallest absolute Gasteiger partial charge is 0.387 e. The van der Waals surface area contributed by atoms with Crippen LogP contribution in [0.4, 0.5) is 47.8 Å². The van der Waals surface area contributed by atoms with Crippen molar-refractivity contribution < 1.29 is 60.3 Å². The average Bonchev–Trinajstić information content (AvgIpc) is 2.84. The van der Waals surface area contributed by atoms with Crippen LogP contribution in [0.5, 0.6) is 17.2 Å². The molecule has 0 saturated heterocycles. The fourth-order valence-corrected chi connectivity index (χ4v) is 2.19. The fourth-order valence-electron chi connectivity index (χ4n) is 2.19. The van der Waals surface area contributed by atoms with Crippen molar-refractivity contribution in [3.8, 4) is 17.2 Å². The lowest BCUT2D eigenvalue weighted by Gasteiger charge is -2.05. The minimum absolute atomic E-state index is 0.167. The van der Waals surface area contributed by atoms with Crippen LogP contribution >= 0.6 is 0 Å². The van der Waals surface area contributed by atoms with Gasteiger partial charge in [-0.2, -0.15) is 26.3 Å². The largest absolute Gasteiger partial charge is 0.505 e. The van der Waals surface area contributed by atoms with Gasteiger partial charge in [0.25, 0.3) is 0 Å². The van der Waals surface area contributed by atoms with Crippen LogP contribution in [0.15, 0.2) is 54.6 Å². The maximum Gasteiger partial charge on any atom is 0.387 e. The summed E-state index contributed by atoms with van der Waals surface area (Å²) >= 11 is 0. The maximum atomic E-state index is 13.0. The van der Waals surface area contributed by atoms with Gasteiger partial charge < -0.3 is 25.4 Å². The fraction of sp³-hybridized carbons (Fsp3) is 0.217. The zero-order chi connectivity index (χ0) is 31.9. The van der Waals surface area contributed by atoms with E-state index in [9.17, 15) is 51.0 Å². The number of benzene rings is 3. The molecule has 0 saturated carbocycles. The van der Waals surface area contributed by atoms with Gasteiger partial charge in [-0.3, -0.25) is 20.2 Å². The summed E-state index contributed by atoms with van der Waals surface area (Å²) in [6, 6.07) is 9.69. The number of phenols is 1. The van der Waals surface area contributed by atoms with E-state index in [1.165, 1.54) is 18.2 Å². The molecule has 0 radical (unpaired) electrons. The van der Waals surface area contributed by atoms with E-state index >= 15 is 0 Å². The Morgan fingerprint density at radius 1 is 0.732 bits per heavy atom. The number of hydrogen-bond donors (Lipinski definition) is 3. The first-order valence-corrected chi connectivity index (χ1v) is 10.7. The van der Waals surface area contributed by atoms with Crippen molar-refractivity contribution in [2.75, 3.05) is 5.73 Å². The van der Waals surface area contributed by atoms with Gasteiger partial charge >= 0.3 is 24.6 Å². The van der Waals surface area contributed by atoms with E-state index < -0.39 is 69.1 Å². The third kappa shape index (κ3) is 13.7. The van der Waals surface area contributed by atoms with Crippen molar-refractivity contribution in [3.05, 3.63) is 92.3 Å². The molecule has 41 heavy (non-hydrogen) atoms. The molecule has 0 unspecified atom stereocenters. The SMILES string of the molecule is CC(C)O.Nc1cccc(OC(F)F)c1F.O=[N+]([O-])c1cccc(O)c1F.O=[N+]([O-])c1cccc(OC(F)F)c1F. The van der Waals surface area contributed by atoms with E-state index in [-0.39, 0.29) is 11.8 Å². The number of nitro groups is 2. The summed E-state index contributed by atoms with van der Waals surface area (Å²) in [5.41, 5.74) is 3.26. The Labute approximate surface area is 226 Å². The van der Waals surface area contributed by atoms with Gasteiger partial charge in [0.2, 0.25) is 11.6 Å². The highest BCUT2D eigenvalue weighted by Gasteiger charge is 2.20. The first-order chi connectivity index (χ1) is 19.0. The van der Waals surface area contributed by atoms with Crippen molar-refractivity contribution >= 4 is 17.1 Å². The van der Waals surface area contributed by atoms with Crippen molar-refractivity contribution in [2.24, 2.45) is 0 Å². The number of rotatable bonds is 6. The molecule has 0 heterocycles. The molecule has 0 amide bonds. The summed E-state index contributed by atoms with van der Waals surface area (Å²) < 4.78 is 92.4. The number of aliphatic hydroxyl groups excluding tert-OH is 1. The third-order valence-corrected chi connectivity index (χ3v) is 3.72. The van der Waals surface area contributed by atoms with E-state index in [0.717, 1.165) is 36.4 Å². The lowest BCUT2D eigenvalue weighted by molar-refractivity contribution is -0.387. The molecule has 0 spiro atoms. The molecular formula is C23H22F7N3O8. The number of hydrogen-bond acceptors (Lipinski definition) is 9. The molecule has 3 aromatic rings. The van der Waals surface area contributed by atoms with Crippen LogP contribution in [0.1, 0.15) is 13.8 Å². The van der Waals surface area contributed by atoms with Gasteiger partial charge in [0, 0.05) is 18.2 Å². The molecule has 226 valence electrons. The summed E-state index contributed by atoms with van der Waals surface area (Å²) in [5, 5.41) is 36.9. The van der Waals surface area contributed by atoms with Gasteiger partial charge in [0.15, 0.2) is 23.1 Å². The van der Waals surface area contributed by atoms with Crippen LogP contribution in [0.3, 0.4) is 0 Å². The molecule has 0 bridgehead atoms. The molecule has 4 N–H and O–H groups in total. The van der Waals surface area contributed by atoms with Crippen molar-refractivity contribution in [1.29, 1.82) is 0 Å². The van der Waals surface area contributed by atoms with Gasteiger partial charge in [-0.15, -0.1) is 0 Å². The Hall–Kier alpha value is -4.87. The maximum absolute atomic E-state index is 13.0. The predicted octanol–water partition coefficient (Wildman–Crippen LogP) is 6.17. The van der Waals surface area contributed by atoms with Gasteiger partial charge in [-0.05, 0) is 38.1 Å². The second kappa shape index (κ2) is 17.7. The van der Waals surface area contributed by atoms with Crippen LogP contribution in [0.2, 0.25) is 0 Å². The van der Waals surface area contributed by atoms with Gasteiger partial charge in [0.1, 0.15) is 0 Å². The highest BCUT2D eigenvalue weighted by molar-refractivity contribution is 5.46. The van der Waals surface area contributed by atoms with E-state index in [4.69, 9.17) is 15.9 Å². The number of aliphatic hydroxyl groups is 1. The number of nitrogens with zero attached hydrogens (tertiary/aromatic N) is 2. The first-order valence-electron chi connectivity index (χ1n) is 10.7. The number of nitrogens with two attached hydrogens (primary N) is 1. The normalized spacial score (nSPS) is 9.98. The second-order valence-electron chi connectivity index (χ2n) is 7.22. The van der Waals surface area contributed by atoms with Crippen LogP contribution < -0.4 is 15.2 Å². The summed E-state index contributed by atoms with van der Waals surface area (Å²) in [6.07, 6.45) is -0.167. The second-order valence-corrected chi connectivity index (χ2v) is 7.22. The highest BCUT2D eigenvalue weighted by Crippen LogP contribution is 2.27. The predicted molar refractivity (Wildman–Crippen MR) is 129 cm³/mol. The number of halogens is 7. The molecule has 18 heteroatoms. The topological polar surface area (TPSA) is 171 Å². The molecule has 0 aliphatic rings. The van der Waals surface area contributed by atoms with Gasteiger partial charge in [-0.25, -0.2) is 4.39 Å². The zero-order valence-corrected chi connectivity index (χ0v) is 20.9. The highest BCUT2D eigenvalue weighted by atomic mass is 19.3. The Bertz CT molecular complexity index is 1280. The minimum atomic E-state index is -3.22. The monoisotopic (exact) mass is 601 g/mol. The molecule has 11 nitrogen and oxygen atoms in total. The summed E-state index contributed by atoms with van der Waals surface area (Å²) in [4.78, 5) is 18.3. The van der Waals surface area contributed by atoms with E-state index in [1.807, 2.05) is 0 Å². The number of nitrogen functional groups attached to an aromatic ring is 1. The van der Waals surface area contributed by atoms with E-state index in [2.05, 4.69) is 9.47 Å². The average molecular weight is 601 g/mol. The molecule has 0 aliphatic carbocycles. The Balaban J connectivity index is 0.000000552. The molecule has 3 aromatic carbocycles. The number of phenolic OH excluding ortho intramolecular Hbond substituents is 1. The Morgan fingerprint density at radius 2 is 1.10 bits per heavy atom. The van der Waals surface area contributed by atoms with Crippen LogP contribution in [-0.2, 0) is 0 Å². The number of alkyl halides is 4. The summed E-state index contributed by atoms with van der Waals surface area (Å²) in [5.74, 6) is -5.65. The first kappa shape index (κ1) is 36.1. The molecule has 0 aromatic heterocycles. The number of nitro benzene ring substituents is 2. The van der Waals surface area contributed by atoms with E-state index in [1.54, 1.807) is 13.8 Å². The summed E-state index contributed by atoms with van der Waals surface area (Å²) in [6.45, 7) is -2.81. The third-order valence-electron chi connectivity index (χ3n) is 3.72. The Kier molecular flexibility index (Phi) is 15.6. The molecule has 0 atom stereocenters. The lowest BCUT2D eigenvalue weighted by atomic mass is 10.3. The number of aromatic hydroxyl groups is 1. The lowest BCUT2D eigenvalue weighted by Crippen LogP contribution is -2.04.